The van der Waals surface area contributed by atoms with Crippen molar-refractivity contribution in [1.82, 2.24) is 9.80 Å². The highest BCUT2D eigenvalue weighted by atomic mass is 127. The molecule has 0 bridgehead atoms. The van der Waals surface area contributed by atoms with E-state index in [-0.39, 0.29) is 18.0 Å². The lowest BCUT2D eigenvalue weighted by atomic mass is 9.72. The summed E-state index contributed by atoms with van der Waals surface area (Å²) in [6.45, 7) is 20.0. The fourth-order valence-electron chi connectivity index (χ4n) is 6.41. The Morgan fingerprint density at radius 3 is 1.49 bits per heavy atom. The Kier molecular flexibility index (Phi) is 10.8. The highest BCUT2D eigenvalue weighted by Crippen LogP contribution is 2.52. The summed E-state index contributed by atoms with van der Waals surface area (Å²) in [4.78, 5) is 21.3. The third kappa shape index (κ3) is 5.79. The van der Waals surface area contributed by atoms with Crippen molar-refractivity contribution >= 4 is 28.5 Å². The minimum Gasteiger partial charge on any atom is -0.337 e. The number of carbonyl (C=O) groups excluding carboxylic acids is 1. The van der Waals surface area contributed by atoms with Crippen LogP contribution in [-0.2, 0) is 10.2 Å². The van der Waals surface area contributed by atoms with Crippen LogP contribution < -0.4 is 0 Å². The maximum Gasteiger partial charge on any atom is 0.238 e. The molecule has 0 saturated carbocycles. The molecule has 1 atom stereocenters. The Bertz CT molecular complexity index is 904. The van der Waals surface area contributed by atoms with E-state index in [4.69, 9.17) is 0 Å². The van der Waals surface area contributed by atoms with Crippen molar-refractivity contribution in [2.45, 2.75) is 111 Å². The molecule has 2 aromatic rings. The van der Waals surface area contributed by atoms with Gasteiger partial charge in [-0.1, -0.05) is 71.1 Å². The van der Waals surface area contributed by atoms with Gasteiger partial charge in [-0.05, 0) is 102 Å². The molecule has 3 nitrogen and oxygen atoms in total. The molecule has 4 heteroatoms. The van der Waals surface area contributed by atoms with Crippen LogP contribution >= 0.6 is 22.6 Å². The summed E-state index contributed by atoms with van der Waals surface area (Å²) in [6.07, 6.45) is 1.78. The van der Waals surface area contributed by atoms with Crippen molar-refractivity contribution < 1.29 is 4.79 Å². The fourth-order valence-corrected chi connectivity index (χ4v) is 6.41. The molecule has 1 amide bonds. The summed E-state index contributed by atoms with van der Waals surface area (Å²) in [5.41, 5.74) is 4.14. The van der Waals surface area contributed by atoms with Crippen LogP contribution in [0.5, 0.6) is 0 Å². The van der Waals surface area contributed by atoms with Crippen molar-refractivity contribution in [3.8, 4) is 11.1 Å². The van der Waals surface area contributed by atoms with Crippen LogP contribution in [0.15, 0.2) is 48.5 Å². The van der Waals surface area contributed by atoms with Crippen LogP contribution in [0.3, 0.4) is 0 Å². The lowest BCUT2D eigenvalue weighted by Gasteiger charge is -2.42. The van der Waals surface area contributed by atoms with Crippen LogP contribution in [0, 0.1) is 0 Å². The van der Waals surface area contributed by atoms with Gasteiger partial charge in [0.15, 0.2) is 0 Å². The zero-order chi connectivity index (χ0) is 26.5. The van der Waals surface area contributed by atoms with E-state index in [0.29, 0.717) is 18.1 Å². The predicted molar refractivity (Wildman–Crippen MR) is 161 cm³/mol. The highest BCUT2D eigenvalue weighted by molar-refractivity contribution is 14.1. The second-order valence-electron chi connectivity index (χ2n) is 10.9. The second-order valence-corrected chi connectivity index (χ2v) is 10.9. The van der Waals surface area contributed by atoms with Crippen molar-refractivity contribution in [1.29, 1.82) is 0 Å². The van der Waals surface area contributed by atoms with Gasteiger partial charge in [0.25, 0.3) is 0 Å². The number of nitrogens with zero attached hydrogens (tertiary/aromatic N) is 2. The first-order chi connectivity index (χ1) is 16.5. The summed E-state index contributed by atoms with van der Waals surface area (Å²) in [7, 11) is 0. The van der Waals surface area contributed by atoms with Crippen LogP contribution in [0.25, 0.3) is 11.1 Å². The number of carbonyl (C=O) groups is 1. The van der Waals surface area contributed by atoms with E-state index in [0.717, 1.165) is 12.8 Å². The Morgan fingerprint density at radius 2 is 1.11 bits per heavy atom. The van der Waals surface area contributed by atoms with Gasteiger partial charge in [-0.2, -0.15) is 0 Å². The monoisotopic (exact) mass is 590 g/mol. The van der Waals surface area contributed by atoms with Gasteiger partial charge in [-0.3, -0.25) is 9.69 Å². The molecule has 194 valence electrons. The Balaban J connectivity index is 0.00000210. The number of hydrogen-bond donors (Lipinski definition) is 0. The number of alkyl halides is 1. The zero-order valence-corrected chi connectivity index (χ0v) is 25.8. The van der Waals surface area contributed by atoms with Gasteiger partial charge in [-0.25, -0.2) is 0 Å². The standard InChI is InChI=1S/C30H44N2O.CH3I/c1-20(2)31(21(3)4)24(9)18-19-30(29(33)32(22(5)6)23(7)8)27-16-12-10-14-25(27)26-15-11-13-17-28(26)30;1-2/h10-17,20-24H,18-19H2,1-9H3;1H3. The number of benzene rings is 2. The van der Waals surface area contributed by atoms with Gasteiger partial charge in [0.05, 0.1) is 0 Å². The van der Waals surface area contributed by atoms with Gasteiger partial charge < -0.3 is 4.90 Å². The predicted octanol–water partition coefficient (Wildman–Crippen LogP) is 7.94. The molecule has 1 aliphatic carbocycles. The first-order valence-corrected chi connectivity index (χ1v) is 15.4. The van der Waals surface area contributed by atoms with Crippen molar-refractivity contribution in [3.63, 3.8) is 0 Å². The molecule has 1 unspecified atom stereocenters. The van der Waals surface area contributed by atoms with E-state index >= 15 is 0 Å². The van der Waals surface area contributed by atoms with Crippen molar-refractivity contribution in [2.75, 3.05) is 4.93 Å². The summed E-state index contributed by atoms with van der Waals surface area (Å²) >= 11 is 2.15. The van der Waals surface area contributed by atoms with E-state index < -0.39 is 5.41 Å². The molecular formula is C31H47IN2O. The number of rotatable bonds is 9. The highest BCUT2D eigenvalue weighted by Gasteiger charge is 2.51. The largest absolute Gasteiger partial charge is 0.337 e. The molecule has 1 aliphatic rings. The van der Waals surface area contributed by atoms with Gasteiger partial charge >= 0.3 is 0 Å². The van der Waals surface area contributed by atoms with E-state index in [1.54, 1.807) is 0 Å². The average molecular weight is 591 g/mol. The van der Waals surface area contributed by atoms with Crippen LogP contribution in [-0.4, -0.2) is 50.8 Å². The zero-order valence-electron chi connectivity index (χ0n) is 23.6. The maximum atomic E-state index is 14.6. The molecular weight excluding hydrogens is 543 g/mol. The third-order valence-corrected chi connectivity index (χ3v) is 7.41. The number of fused-ring (bicyclic) bond motifs is 3. The molecule has 0 radical (unpaired) electrons. The summed E-state index contributed by atoms with van der Waals surface area (Å²) in [5, 5.41) is 0. The molecule has 0 aliphatic heterocycles. The molecule has 0 heterocycles. The molecule has 3 rings (SSSR count). The Labute approximate surface area is 228 Å². The van der Waals surface area contributed by atoms with E-state index in [1.165, 1.54) is 22.3 Å². The minimum atomic E-state index is -0.643. The smallest absolute Gasteiger partial charge is 0.238 e. The van der Waals surface area contributed by atoms with Gasteiger partial charge in [0.1, 0.15) is 5.41 Å². The average Bonchev–Trinajstić information content (AvgIpc) is 3.09. The van der Waals surface area contributed by atoms with Crippen molar-refractivity contribution in [2.24, 2.45) is 0 Å². The molecule has 2 aromatic carbocycles. The van der Waals surface area contributed by atoms with Gasteiger partial charge in [-0.15, -0.1) is 0 Å². The number of hydrogen-bond acceptors (Lipinski definition) is 2. The lowest BCUT2D eigenvalue weighted by molar-refractivity contribution is -0.140. The quantitative estimate of drug-likeness (QED) is 0.219. The third-order valence-electron chi connectivity index (χ3n) is 7.41. The maximum absolute atomic E-state index is 14.6. The van der Waals surface area contributed by atoms with Crippen LogP contribution in [0.1, 0.15) is 86.3 Å². The number of halogens is 1. The Hall–Kier alpha value is -1.40. The summed E-state index contributed by atoms with van der Waals surface area (Å²) in [5.74, 6) is 0.248. The van der Waals surface area contributed by atoms with Crippen LogP contribution in [0.2, 0.25) is 0 Å². The topological polar surface area (TPSA) is 23.6 Å². The first-order valence-electron chi connectivity index (χ1n) is 13.2. The molecule has 0 N–H and O–H groups in total. The summed E-state index contributed by atoms with van der Waals surface area (Å²) < 4.78 is 0. The number of amides is 1. The second kappa shape index (κ2) is 12.7. The molecule has 0 saturated heterocycles. The van der Waals surface area contributed by atoms with Gasteiger partial charge in [0.2, 0.25) is 5.91 Å². The van der Waals surface area contributed by atoms with E-state index in [9.17, 15) is 4.79 Å². The SMILES string of the molecule is CC(C)N(C(=O)C1(CCC(C)N(C(C)C)C(C)C)c2ccccc2-c2ccccc21)C(C)C.CI. The Morgan fingerprint density at radius 1 is 0.714 bits per heavy atom. The minimum absolute atomic E-state index is 0.148. The fraction of sp³-hybridized carbons (Fsp3) is 0.581. The normalized spacial score (nSPS) is 14.7. The van der Waals surface area contributed by atoms with E-state index in [1.807, 2.05) is 4.93 Å². The van der Waals surface area contributed by atoms with Gasteiger partial charge in [0, 0.05) is 30.2 Å². The first kappa shape index (κ1) is 29.8. The molecule has 35 heavy (non-hydrogen) atoms. The molecule has 0 spiro atoms. The van der Waals surface area contributed by atoms with Crippen LogP contribution in [0.4, 0.5) is 0 Å². The lowest BCUT2D eigenvalue weighted by Crippen LogP contribution is -2.53. The molecule has 0 fully saturated rings. The van der Waals surface area contributed by atoms with E-state index in [2.05, 4.69) is 143 Å². The summed E-state index contributed by atoms with van der Waals surface area (Å²) in [6, 6.07) is 18.8. The van der Waals surface area contributed by atoms with Crippen molar-refractivity contribution in [3.05, 3.63) is 59.7 Å². The molecule has 0 aromatic heterocycles.